The maximum atomic E-state index is 8.36. The Labute approximate surface area is 55.8 Å². The fraction of sp³-hybridized carbons (Fsp3) is 0.714. The van der Waals surface area contributed by atoms with Crippen molar-refractivity contribution in [3.05, 3.63) is 12.2 Å². The van der Waals surface area contributed by atoms with Gasteiger partial charge in [0.15, 0.2) is 0 Å². The summed E-state index contributed by atoms with van der Waals surface area (Å²) in [4.78, 5) is 2.34. The molecule has 0 aromatic heterocycles. The van der Waals surface area contributed by atoms with Crippen LogP contribution in [0.1, 0.15) is 6.42 Å². The maximum absolute atomic E-state index is 8.36. The first-order valence-electron chi connectivity index (χ1n) is 3.41. The van der Waals surface area contributed by atoms with Gasteiger partial charge in [0.05, 0.1) is 6.61 Å². The SMILES string of the molecule is OC/C=C/CN1CCC1. The van der Waals surface area contributed by atoms with Crippen LogP contribution >= 0.6 is 0 Å². The Morgan fingerprint density at radius 1 is 1.33 bits per heavy atom. The Morgan fingerprint density at radius 3 is 2.56 bits per heavy atom. The zero-order chi connectivity index (χ0) is 6.53. The van der Waals surface area contributed by atoms with E-state index in [0.29, 0.717) is 0 Å². The van der Waals surface area contributed by atoms with Gasteiger partial charge < -0.3 is 5.11 Å². The predicted octanol–water partition coefficient (Wildman–Crippen LogP) is 0.241. The van der Waals surface area contributed by atoms with Gasteiger partial charge in [-0.15, -0.1) is 0 Å². The summed E-state index contributed by atoms with van der Waals surface area (Å²) in [5.74, 6) is 0. The van der Waals surface area contributed by atoms with Crippen molar-refractivity contribution in [2.75, 3.05) is 26.2 Å². The smallest absolute Gasteiger partial charge is 0.0612 e. The van der Waals surface area contributed by atoms with Crippen LogP contribution in [0.4, 0.5) is 0 Å². The normalized spacial score (nSPS) is 20.6. The Morgan fingerprint density at radius 2 is 2.11 bits per heavy atom. The van der Waals surface area contributed by atoms with E-state index in [1.807, 2.05) is 6.08 Å². The van der Waals surface area contributed by atoms with Gasteiger partial charge in [-0.2, -0.15) is 0 Å². The van der Waals surface area contributed by atoms with Crippen molar-refractivity contribution in [3.63, 3.8) is 0 Å². The Bertz CT molecular complexity index is 97.1. The lowest BCUT2D eigenvalue weighted by Gasteiger charge is -2.29. The molecule has 1 fully saturated rings. The summed E-state index contributed by atoms with van der Waals surface area (Å²) in [5, 5.41) is 8.36. The van der Waals surface area contributed by atoms with E-state index >= 15 is 0 Å². The summed E-state index contributed by atoms with van der Waals surface area (Å²) in [7, 11) is 0. The molecular weight excluding hydrogens is 114 g/mol. The molecule has 0 spiro atoms. The highest BCUT2D eigenvalue weighted by molar-refractivity contribution is 4.86. The summed E-state index contributed by atoms with van der Waals surface area (Å²) in [6, 6.07) is 0. The minimum atomic E-state index is 0.174. The van der Waals surface area contributed by atoms with E-state index in [1.165, 1.54) is 19.5 Å². The first-order valence-corrected chi connectivity index (χ1v) is 3.41. The van der Waals surface area contributed by atoms with Crippen LogP contribution in [-0.4, -0.2) is 36.2 Å². The Kier molecular flexibility index (Phi) is 2.74. The Balaban J connectivity index is 1.97. The zero-order valence-electron chi connectivity index (χ0n) is 5.58. The predicted molar refractivity (Wildman–Crippen MR) is 37.3 cm³/mol. The molecule has 1 N–H and O–H groups in total. The van der Waals surface area contributed by atoms with E-state index in [0.717, 1.165) is 6.54 Å². The molecular formula is C7H13NO. The third-order valence-electron chi connectivity index (χ3n) is 1.58. The number of nitrogens with zero attached hydrogens (tertiary/aromatic N) is 1. The van der Waals surface area contributed by atoms with Crippen LogP contribution < -0.4 is 0 Å². The molecule has 0 amide bonds. The van der Waals surface area contributed by atoms with Crippen LogP contribution in [0.3, 0.4) is 0 Å². The van der Waals surface area contributed by atoms with Gasteiger partial charge in [-0.05, 0) is 19.5 Å². The van der Waals surface area contributed by atoms with Crippen LogP contribution in [0.25, 0.3) is 0 Å². The van der Waals surface area contributed by atoms with E-state index in [-0.39, 0.29) is 6.61 Å². The molecule has 2 heteroatoms. The van der Waals surface area contributed by atoms with Crippen LogP contribution in [0.15, 0.2) is 12.2 Å². The molecule has 0 atom stereocenters. The average Bonchev–Trinajstić information content (AvgIpc) is 1.76. The van der Waals surface area contributed by atoms with E-state index in [4.69, 9.17) is 5.11 Å². The average molecular weight is 127 g/mol. The Hall–Kier alpha value is -0.340. The number of aliphatic hydroxyl groups is 1. The van der Waals surface area contributed by atoms with Crippen LogP contribution in [0, 0.1) is 0 Å². The topological polar surface area (TPSA) is 23.5 Å². The first kappa shape index (κ1) is 6.78. The lowest BCUT2D eigenvalue weighted by molar-refractivity contribution is 0.203. The maximum Gasteiger partial charge on any atom is 0.0612 e. The summed E-state index contributed by atoms with van der Waals surface area (Å²) < 4.78 is 0. The molecule has 0 aliphatic carbocycles. The second-order valence-electron chi connectivity index (χ2n) is 2.31. The second kappa shape index (κ2) is 3.64. The fourth-order valence-corrected chi connectivity index (χ4v) is 0.862. The number of hydrogen-bond donors (Lipinski definition) is 1. The van der Waals surface area contributed by atoms with Gasteiger partial charge in [-0.25, -0.2) is 0 Å². The van der Waals surface area contributed by atoms with E-state index in [1.54, 1.807) is 6.08 Å². The van der Waals surface area contributed by atoms with Gasteiger partial charge in [0.25, 0.3) is 0 Å². The summed E-state index contributed by atoms with van der Waals surface area (Å²) in [6.07, 6.45) is 5.14. The summed E-state index contributed by atoms with van der Waals surface area (Å²) >= 11 is 0. The molecule has 52 valence electrons. The second-order valence-corrected chi connectivity index (χ2v) is 2.31. The minimum Gasteiger partial charge on any atom is -0.392 e. The molecule has 0 aromatic rings. The lowest BCUT2D eigenvalue weighted by Crippen LogP contribution is -2.36. The molecule has 1 aliphatic rings. The molecule has 0 aromatic carbocycles. The fourth-order valence-electron chi connectivity index (χ4n) is 0.862. The van der Waals surface area contributed by atoms with Crippen LogP contribution in [0.5, 0.6) is 0 Å². The third-order valence-corrected chi connectivity index (χ3v) is 1.58. The molecule has 1 rings (SSSR count). The molecule has 0 bridgehead atoms. The molecule has 1 aliphatic heterocycles. The molecule has 0 radical (unpaired) electrons. The largest absolute Gasteiger partial charge is 0.392 e. The number of hydrogen-bond acceptors (Lipinski definition) is 2. The molecule has 9 heavy (non-hydrogen) atoms. The lowest BCUT2D eigenvalue weighted by atomic mass is 10.2. The van der Waals surface area contributed by atoms with E-state index < -0.39 is 0 Å². The molecule has 0 saturated carbocycles. The van der Waals surface area contributed by atoms with Crippen LogP contribution in [-0.2, 0) is 0 Å². The number of rotatable bonds is 3. The number of likely N-dealkylation sites (tertiary alicyclic amines) is 1. The summed E-state index contributed by atoms with van der Waals surface area (Å²) in [5.41, 5.74) is 0. The van der Waals surface area contributed by atoms with Crippen molar-refractivity contribution in [2.24, 2.45) is 0 Å². The summed E-state index contributed by atoms with van der Waals surface area (Å²) in [6.45, 7) is 3.65. The highest BCUT2D eigenvalue weighted by Crippen LogP contribution is 2.03. The van der Waals surface area contributed by atoms with Gasteiger partial charge in [0, 0.05) is 6.54 Å². The number of aliphatic hydroxyl groups excluding tert-OH is 1. The van der Waals surface area contributed by atoms with Gasteiger partial charge >= 0.3 is 0 Å². The standard InChI is InChI=1S/C7H13NO/c9-7-2-1-4-8-5-3-6-8/h1-2,9H,3-7H2/b2-1+. The molecule has 1 heterocycles. The van der Waals surface area contributed by atoms with Crippen molar-refractivity contribution in [2.45, 2.75) is 6.42 Å². The van der Waals surface area contributed by atoms with Gasteiger partial charge in [-0.1, -0.05) is 12.2 Å². The molecule has 1 saturated heterocycles. The van der Waals surface area contributed by atoms with Crippen molar-refractivity contribution in [1.29, 1.82) is 0 Å². The quantitative estimate of drug-likeness (QED) is 0.549. The van der Waals surface area contributed by atoms with Crippen molar-refractivity contribution in [3.8, 4) is 0 Å². The van der Waals surface area contributed by atoms with E-state index in [9.17, 15) is 0 Å². The van der Waals surface area contributed by atoms with Crippen LogP contribution in [0.2, 0.25) is 0 Å². The minimum absolute atomic E-state index is 0.174. The van der Waals surface area contributed by atoms with Gasteiger partial charge in [-0.3, -0.25) is 4.90 Å². The zero-order valence-corrected chi connectivity index (χ0v) is 5.58. The first-order chi connectivity index (χ1) is 4.43. The van der Waals surface area contributed by atoms with Crippen molar-refractivity contribution >= 4 is 0 Å². The van der Waals surface area contributed by atoms with Crippen molar-refractivity contribution in [1.82, 2.24) is 4.90 Å². The highest BCUT2D eigenvalue weighted by atomic mass is 16.2. The van der Waals surface area contributed by atoms with Crippen molar-refractivity contribution < 1.29 is 5.11 Å². The molecule has 2 nitrogen and oxygen atoms in total. The molecule has 0 unspecified atom stereocenters. The van der Waals surface area contributed by atoms with Gasteiger partial charge in [0.2, 0.25) is 0 Å². The monoisotopic (exact) mass is 127 g/mol. The third kappa shape index (κ3) is 2.16. The van der Waals surface area contributed by atoms with Gasteiger partial charge in [0.1, 0.15) is 0 Å². The highest BCUT2D eigenvalue weighted by Gasteiger charge is 2.10. The van der Waals surface area contributed by atoms with E-state index in [2.05, 4.69) is 4.90 Å².